The summed E-state index contributed by atoms with van der Waals surface area (Å²) >= 11 is 27.7. The van der Waals surface area contributed by atoms with E-state index in [1.54, 1.807) is 47.0 Å². The van der Waals surface area contributed by atoms with Crippen LogP contribution >= 0.6 is 47.0 Å². The molecule has 0 nitrogen and oxygen atoms in total. The SMILES string of the molecule is [Fe].[Fe].[Fe].[Fe].[Ni].[S-]C1=C([S-])SC([c-]2cccc2)=C([c-]2cccc2)S1.[S-]C1=C([S-])SC([c-]2cccc2)=C([c-]2cccc2)S1.c1cc[cH-]c1.c1cc[cH-]c1.c1cc[cH-]c1.c1cc[cH-]c1. The Morgan fingerprint density at radius 2 is 0.426 bits per heavy atom. The molecular formula is C48H36Fe4NiS8-12. The standard InChI is InChI=1S/2C14H10S4.4C5H5.4Fe.Ni/c2*15-13-14(16)18-12(10-7-3-4-8-10)11(17-13)9-5-1-2-6-9;4*1-2-4-5-3-1;;;;;/h2*1-8,15-16H;4*1-5H;;;;;/q2*-2;4*-1;;;;;/p-4. The monoisotopic (exact) mass is 1150 g/mol. The molecule has 0 aromatic heterocycles. The van der Waals surface area contributed by atoms with Crippen molar-refractivity contribution >= 4 is 117 Å². The molecule has 2 aliphatic rings. The minimum Gasteiger partial charge on any atom is -0.774 e. The van der Waals surface area contributed by atoms with E-state index < -0.39 is 0 Å². The van der Waals surface area contributed by atoms with E-state index in [9.17, 15) is 0 Å². The van der Waals surface area contributed by atoms with Gasteiger partial charge < -0.3 is 50.5 Å². The molecule has 0 aliphatic carbocycles. The van der Waals surface area contributed by atoms with Crippen LogP contribution in [0.1, 0.15) is 22.3 Å². The van der Waals surface area contributed by atoms with E-state index in [0.29, 0.717) is 0 Å². The molecule has 0 fully saturated rings. The van der Waals surface area contributed by atoms with Gasteiger partial charge in [0, 0.05) is 84.8 Å². The van der Waals surface area contributed by atoms with E-state index >= 15 is 0 Å². The summed E-state index contributed by atoms with van der Waals surface area (Å²) in [5.41, 5.74) is 4.87. The van der Waals surface area contributed by atoms with E-state index in [2.05, 4.69) is 48.5 Å². The molecule has 0 saturated heterocycles. The molecule has 2 heterocycles. The van der Waals surface area contributed by atoms with E-state index in [-0.39, 0.29) is 84.8 Å². The Morgan fingerprint density at radius 3 is 0.541 bits per heavy atom. The van der Waals surface area contributed by atoms with E-state index in [0.717, 1.165) is 16.9 Å². The van der Waals surface area contributed by atoms with Gasteiger partial charge in [-0.2, -0.15) is 234 Å². The molecule has 330 valence electrons. The van der Waals surface area contributed by atoms with E-state index in [1.807, 2.05) is 170 Å². The summed E-state index contributed by atoms with van der Waals surface area (Å²) < 4.78 is 3.23. The van der Waals surface area contributed by atoms with Crippen molar-refractivity contribution in [2.24, 2.45) is 0 Å². The van der Waals surface area contributed by atoms with Crippen LogP contribution in [0, 0.1) is 0 Å². The first-order chi connectivity index (χ1) is 27.5. The molecule has 0 atom stereocenters. The van der Waals surface area contributed by atoms with Crippen LogP contribution in [0.2, 0.25) is 0 Å². The maximum atomic E-state index is 5.33. The summed E-state index contributed by atoms with van der Waals surface area (Å²) in [7, 11) is 0. The largest absolute Gasteiger partial charge is 0.774 e. The summed E-state index contributed by atoms with van der Waals surface area (Å²) in [5.74, 6) is 0. The molecule has 13 heteroatoms. The predicted octanol–water partition coefficient (Wildman–Crippen LogP) is 14.9. The van der Waals surface area contributed by atoms with E-state index in [1.165, 1.54) is 41.9 Å². The fourth-order valence-electron chi connectivity index (χ4n) is 4.87. The Balaban J connectivity index is 0.000000772. The van der Waals surface area contributed by atoms with Crippen molar-refractivity contribution in [1.29, 1.82) is 0 Å². The van der Waals surface area contributed by atoms with Crippen molar-refractivity contribution in [3.63, 3.8) is 0 Å². The molecule has 0 N–H and O–H groups in total. The van der Waals surface area contributed by atoms with Gasteiger partial charge >= 0.3 is 0 Å². The van der Waals surface area contributed by atoms with Crippen LogP contribution < -0.4 is 0 Å². The van der Waals surface area contributed by atoms with Crippen LogP contribution in [0.5, 0.6) is 0 Å². The van der Waals surface area contributed by atoms with Crippen LogP contribution in [-0.4, -0.2) is 0 Å². The minimum absolute atomic E-state index is 0. The Bertz CT molecular complexity index is 1870. The zero-order valence-electron chi connectivity index (χ0n) is 31.8. The normalized spacial score (nSPS) is 12.3. The Morgan fingerprint density at radius 1 is 0.279 bits per heavy atom. The van der Waals surface area contributed by atoms with E-state index in [4.69, 9.17) is 50.5 Å². The van der Waals surface area contributed by atoms with Crippen LogP contribution in [0.25, 0.3) is 19.6 Å². The molecule has 8 aromatic rings. The third-order valence-electron chi connectivity index (χ3n) is 7.45. The summed E-state index contributed by atoms with van der Waals surface area (Å²) in [6.07, 6.45) is 0. The average molecular weight is 1150 g/mol. The maximum Gasteiger partial charge on any atom is 0 e. The van der Waals surface area contributed by atoms with Gasteiger partial charge in [0.25, 0.3) is 0 Å². The zero-order chi connectivity index (χ0) is 39.2. The van der Waals surface area contributed by atoms with Crippen LogP contribution in [0.4, 0.5) is 0 Å². The van der Waals surface area contributed by atoms with Crippen LogP contribution in [0.3, 0.4) is 0 Å². The number of rotatable bonds is 4. The topological polar surface area (TPSA) is 0 Å². The van der Waals surface area contributed by atoms with Crippen molar-refractivity contribution in [2.75, 3.05) is 0 Å². The molecule has 0 amide bonds. The van der Waals surface area contributed by atoms with Gasteiger partial charge in [-0.05, 0) is 0 Å². The molecule has 0 spiro atoms. The van der Waals surface area contributed by atoms with Crippen molar-refractivity contribution in [3.8, 4) is 0 Å². The second kappa shape index (κ2) is 34.9. The number of thioether (sulfide) groups is 4. The fourth-order valence-corrected chi connectivity index (χ4v) is 10.3. The predicted molar refractivity (Wildman–Crippen MR) is 264 cm³/mol. The smallest absolute Gasteiger partial charge is 0 e. The average Bonchev–Trinajstić information content (AvgIpc) is 4.07. The summed E-state index contributed by atoms with van der Waals surface area (Å²) in [4.78, 5) is 4.87. The Labute approximate surface area is 453 Å². The van der Waals surface area contributed by atoms with Gasteiger partial charge in [-0.3, -0.25) is 0 Å². The third-order valence-corrected chi connectivity index (χ3v) is 14.7. The first kappa shape index (κ1) is 59.6. The van der Waals surface area contributed by atoms with Crippen molar-refractivity contribution in [2.45, 2.75) is 0 Å². The number of hydrogen-bond donors (Lipinski definition) is 0. The fraction of sp³-hybridized carbons (Fsp3) is 0. The quantitative estimate of drug-likeness (QED) is 0.0959. The van der Waals surface area contributed by atoms with Gasteiger partial charge in [0.2, 0.25) is 0 Å². The van der Waals surface area contributed by atoms with Crippen molar-refractivity contribution in [1.82, 2.24) is 0 Å². The molecule has 2 aliphatic heterocycles. The molecular weight excluding hydrogens is 1120 g/mol. The van der Waals surface area contributed by atoms with Gasteiger partial charge in [-0.25, -0.2) is 48.5 Å². The zero-order valence-corrected chi connectivity index (χ0v) is 43.7. The van der Waals surface area contributed by atoms with Gasteiger partial charge in [-0.15, -0.1) is 41.9 Å². The molecule has 61 heavy (non-hydrogen) atoms. The molecule has 0 bridgehead atoms. The second-order valence-electron chi connectivity index (χ2n) is 11.4. The summed E-state index contributed by atoms with van der Waals surface area (Å²) in [5, 5.41) is 0. The van der Waals surface area contributed by atoms with Crippen LogP contribution in [-0.2, 0) is 135 Å². The molecule has 8 aromatic carbocycles. The minimum atomic E-state index is 0. The number of hydrogen-bond acceptors (Lipinski definition) is 8. The summed E-state index contributed by atoms with van der Waals surface area (Å²) in [6, 6.07) is 73.3. The molecule has 10 rings (SSSR count). The van der Waals surface area contributed by atoms with Crippen LogP contribution in [0.15, 0.2) is 235 Å². The Hall–Kier alpha value is -1.39. The third kappa shape index (κ3) is 21.0. The molecule has 0 unspecified atom stereocenters. The summed E-state index contributed by atoms with van der Waals surface area (Å²) in [6.45, 7) is 0. The van der Waals surface area contributed by atoms with Crippen molar-refractivity contribution in [3.05, 3.63) is 258 Å². The van der Waals surface area contributed by atoms with Gasteiger partial charge in [0.15, 0.2) is 0 Å². The first-order valence-corrected chi connectivity index (χ1v) is 22.3. The molecule has 0 radical (unpaired) electrons. The van der Waals surface area contributed by atoms with Gasteiger partial charge in [-0.1, -0.05) is 0 Å². The Kier molecular flexibility index (Phi) is 34.1. The van der Waals surface area contributed by atoms with Gasteiger partial charge in [0.1, 0.15) is 0 Å². The maximum absolute atomic E-state index is 5.33. The second-order valence-corrected chi connectivity index (χ2v) is 18.2. The first-order valence-electron chi connectivity index (χ1n) is 17.4. The molecule has 0 saturated carbocycles. The van der Waals surface area contributed by atoms with Gasteiger partial charge in [0.05, 0.1) is 0 Å². The van der Waals surface area contributed by atoms with Crippen molar-refractivity contribution < 1.29 is 84.8 Å².